The number of rotatable bonds is 6. The van der Waals surface area contributed by atoms with Gasteiger partial charge in [-0.2, -0.15) is 4.98 Å². The van der Waals surface area contributed by atoms with Crippen molar-refractivity contribution in [1.29, 1.82) is 0 Å². The van der Waals surface area contributed by atoms with Crippen molar-refractivity contribution in [2.75, 3.05) is 20.1 Å². The molecule has 0 radical (unpaired) electrons. The van der Waals surface area contributed by atoms with Crippen molar-refractivity contribution in [2.45, 2.75) is 32.9 Å². The molecule has 6 nitrogen and oxygen atoms in total. The number of amides is 1. The fraction of sp³-hybridized carbons (Fsp3) is 0.375. The molecule has 4 rings (SSSR count). The molecule has 156 valence electrons. The van der Waals surface area contributed by atoms with E-state index in [-0.39, 0.29) is 11.8 Å². The lowest BCUT2D eigenvalue weighted by Gasteiger charge is -2.33. The molecule has 0 aliphatic carbocycles. The van der Waals surface area contributed by atoms with Crippen molar-refractivity contribution in [3.05, 3.63) is 71.6 Å². The van der Waals surface area contributed by atoms with E-state index in [4.69, 9.17) is 4.52 Å². The molecule has 1 aliphatic rings. The summed E-state index contributed by atoms with van der Waals surface area (Å²) in [5, 5.41) is 4.13. The van der Waals surface area contributed by atoms with E-state index in [1.807, 2.05) is 61.3 Å². The van der Waals surface area contributed by atoms with E-state index in [2.05, 4.69) is 27.2 Å². The van der Waals surface area contributed by atoms with Gasteiger partial charge in [0.1, 0.15) is 0 Å². The van der Waals surface area contributed by atoms with Crippen LogP contribution in [0, 0.1) is 12.8 Å². The molecule has 0 bridgehead atoms. The highest BCUT2D eigenvalue weighted by atomic mass is 16.5. The molecular formula is C24H28N4O2. The molecule has 1 atom stereocenters. The third-order valence-electron chi connectivity index (χ3n) is 5.60. The smallest absolute Gasteiger partial charge is 0.241 e. The largest absolute Gasteiger partial charge is 0.341 e. The molecule has 1 fully saturated rings. The molecule has 2 heterocycles. The first-order chi connectivity index (χ1) is 14.6. The summed E-state index contributed by atoms with van der Waals surface area (Å²) in [5.41, 5.74) is 3.27. The topological polar surface area (TPSA) is 62.5 Å². The number of carbonyl (C=O) groups is 1. The molecule has 1 unspecified atom stereocenters. The van der Waals surface area contributed by atoms with Gasteiger partial charge in [-0.1, -0.05) is 59.3 Å². The molecule has 30 heavy (non-hydrogen) atoms. The maximum atomic E-state index is 13.0. The Hall–Kier alpha value is -2.99. The van der Waals surface area contributed by atoms with Crippen molar-refractivity contribution < 1.29 is 9.32 Å². The van der Waals surface area contributed by atoms with Crippen molar-refractivity contribution in [3.8, 4) is 11.4 Å². The Morgan fingerprint density at radius 1 is 1.20 bits per heavy atom. The molecule has 3 aromatic rings. The zero-order chi connectivity index (χ0) is 20.9. The third kappa shape index (κ3) is 4.94. The van der Waals surface area contributed by atoms with Gasteiger partial charge < -0.3 is 9.42 Å². The first-order valence-electron chi connectivity index (χ1n) is 10.5. The average molecular weight is 405 g/mol. The molecule has 0 N–H and O–H groups in total. The molecule has 0 saturated carbocycles. The number of nitrogens with zero attached hydrogens (tertiary/aromatic N) is 4. The van der Waals surface area contributed by atoms with E-state index in [1.54, 1.807) is 0 Å². The van der Waals surface area contributed by atoms with Gasteiger partial charge >= 0.3 is 0 Å². The second-order valence-corrected chi connectivity index (χ2v) is 8.14. The highest BCUT2D eigenvalue weighted by molar-refractivity contribution is 5.79. The van der Waals surface area contributed by atoms with Crippen LogP contribution in [-0.4, -0.2) is 46.0 Å². The second kappa shape index (κ2) is 9.22. The van der Waals surface area contributed by atoms with Gasteiger partial charge in [-0.15, -0.1) is 0 Å². The number of aromatic nitrogens is 2. The molecule has 1 amide bonds. The summed E-state index contributed by atoms with van der Waals surface area (Å²) < 4.78 is 5.49. The molecule has 1 aliphatic heterocycles. The van der Waals surface area contributed by atoms with Crippen LogP contribution in [0.2, 0.25) is 0 Å². The maximum absolute atomic E-state index is 13.0. The van der Waals surface area contributed by atoms with Crippen molar-refractivity contribution >= 4 is 5.91 Å². The summed E-state index contributed by atoms with van der Waals surface area (Å²) in [6.45, 7) is 4.92. The summed E-state index contributed by atoms with van der Waals surface area (Å²) in [6.07, 6.45) is 1.92. The summed E-state index contributed by atoms with van der Waals surface area (Å²) in [7, 11) is 1.89. The molecule has 0 spiro atoms. The highest BCUT2D eigenvalue weighted by Gasteiger charge is 2.29. The van der Waals surface area contributed by atoms with Crippen molar-refractivity contribution in [3.63, 3.8) is 0 Å². The van der Waals surface area contributed by atoms with Gasteiger partial charge in [0.05, 0.1) is 12.5 Å². The van der Waals surface area contributed by atoms with Crippen molar-refractivity contribution in [1.82, 2.24) is 19.9 Å². The molecule has 6 heteroatoms. The Kier molecular flexibility index (Phi) is 6.23. The SMILES string of the molecule is Cc1cccc(-c2noc(CN3CCCC(C(=O)N(C)Cc4ccccc4)C3)n2)c1. The molecular weight excluding hydrogens is 376 g/mol. The Bertz CT molecular complexity index is 986. The maximum Gasteiger partial charge on any atom is 0.241 e. The number of aryl methyl sites for hydroxylation is 1. The van der Waals surface area contributed by atoms with E-state index >= 15 is 0 Å². The van der Waals surface area contributed by atoms with Gasteiger partial charge in [0.2, 0.25) is 17.6 Å². The predicted octanol–water partition coefficient (Wildman–Crippen LogP) is 3.92. The minimum absolute atomic E-state index is 0.00614. The lowest BCUT2D eigenvalue weighted by molar-refractivity contribution is -0.136. The fourth-order valence-corrected chi connectivity index (χ4v) is 4.06. The normalized spacial score (nSPS) is 17.1. The average Bonchev–Trinajstić information content (AvgIpc) is 3.22. The second-order valence-electron chi connectivity index (χ2n) is 8.14. The van der Waals surface area contributed by atoms with Crippen LogP contribution in [0.4, 0.5) is 0 Å². The van der Waals surface area contributed by atoms with Crippen LogP contribution >= 0.6 is 0 Å². The minimum Gasteiger partial charge on any atom is -0.341 e. The van der Waals surface area contributed by atoms with Gasteiger partial charge in [0.15, 0.2) is 0 Å². The van der Waals surface area contributed by atoms with Crippen molar-refractivity contribution in [2.24, 2.45) is 5.92 Å². The van der Waals surface area contributed by atoms with E-state index < -0.39 is 0 Å². The summed E-state index contributed by atoms with van der Waals surface area (Å²) in [6, 6.07) is 18.2. The first kappa shape index (κ1) is 20.3. The Balaban J connectivity index is 1.35. The number of hydrogen-bond acceptors (Lipinski definition) is 5. The van der Waals surface area contributed by atoms with Crippen LogP contribution in [0.15, 0.2) is 59.1 Å². The van der Waals surface area contributed by atoms with Gasteiger partial charge in [-0.25, -0.2) is 0 Å². The van der Waals surface area contributed by atoms with E-state index in [0.717, 1.165) is 42.6 Å². The Morgan fingerprint density at radius 3 is 2.83 bits per heavy atom. The molecule has 1 saturated heterocycles. The third-order valence-corrected chi connectivity index (χ3v) is 5.60. The van der Waals surface area contributed by atoms with E-state index in [9.17, 15) is 4.79 Å². The number of hydrogen-bond donors (Lipinski definition) is 0. The van der Waals surface area contributed by atoms with Crippen LogP contribution in [0.25, 0.3) is 11.4 Å². The van der Waals surface area contributed by atoms with Gasteiger partial charge in [0.25, 0.3) is 0 Å². The van der Waals surface area contributed by atoms with E-state index in [1.165, 1.54) is 0 Å². The standard InChI is InChI=1S/C24H28N4O2/c1-18-8-6-11-20(14-18)23-25-22(30-26-23)17-28-13-7-12-21(16-28)24(29)27(2)15-19-9-4-3-5-10-19/h3-6,8-11,14,21H,7,12-13,15-17H2,1-2H3. The van der Waals surface area contributed by atoms with Gasteiger partial charge in [0, 0.05) is 25.7 Å². The van der Waals surface area contributed by atoms with Gasteiger partial charge in [-0.3, -0.25) is 9.69 Å². The lowest BCUT2D eigenvalue weighted by Crippen LogP contribution is -2.43. The van der Waals surface area contributed by atoms with Crippen LogP contribution in [0.1, 0.15) is 29.9 Å². The quantitative estimate of drug-likeness (QED) is 0.623. The zero-order valence-electron chi connectivity index (χ0n) is 17.6. The summed E-state index contributed by atoms with van der Waals surface area (Å²) >= 11 is 0. The number of carbonyl (C=O) groups excluding carboxylic acids is 1. The van der Waals surface area contributed by atoms with Crippen LogP contribution in [0.3, 0.4) is 0 Å². The number of piperidine rings is 1. The van der Waals surface area contributed by atoms with Crippen LogP contribution < -0.4 is 0 Å². The fourth-order valence-electron chi connectivity index (χ4n) is 4.06. The highest BCUT2D eigenvalue weighted by Crippen LogP contribution is 2.22. The van der Waals surface area contributed by atoms with Crippen LogP contribution in [0.5, 0.6) is 0 Å². The number of likely N-dealkylation sites (tertiary alicyclic amines) is 1. The molecule has 1 aromatic heterocycles. The molecule has 2 aromatic carbocycles. The zero-order valence-corrected chi connectivity index (χ0v) is 17.6. The predicted molar refractivity (Wildman–Crippen MR) is 115 cm³/mol. The monoisotopic (exact) mass is 404 g/mol. The summed E-state index contributed by atoms with van der Waals surface area (Å²) in [5.74, 6) is 1.42. The number of benzene rings is 2. The Labute approximate surface area is 177 Å². The van der Waals surface area contributed by atoms with Gasteiger partial charge in [-0.05, 0) is 37.9 Å². The van der Waals surface area contributed by atoms with E-state index in [0.29, 0.717) is 24.8 Å². The minimum atomic E-state index is 0.00614. The first-order valence-corrected chi connectivity index (χ1v) is 10.5. The Morgan fingerprint density at radius 2 is 2.03 bits per heavy atom. The summed E-state index contributed by atoms with van der Waals surface area (Å²) in [4.78, 5) is 21.6. The van der Waals surface area contributed by atoms with Crippen LogP contribution in [-0.2, 0) is 17.9 Å². The lowest BCUT2D eigenvalue weighted by atomic mass is 9.96.